The Balaban J connectivity index is 1.55. The van der Waals surface area contributed by atoms with Crippen LogP contribution in [0.4, 0.5) is 5.82 Å². The molecule has 6 nitrogen and oxygen atoms in total. The van der Waals surface area contributed by atoms with Gasteiger partial charge in [0.25, 0.3) is 5.91 Å². The van der Waals surface area contributed by atoms with Crippen LogP contribution >= 0.6 is 0 Å². The number of nitrogens with one attached hydrogen (secondary N) is 1. The van der Waals surface area contributed by atoms with E-state index in [0.717, 1.165) is 57.4 Å². The van der Waals surface area contributed by atoms with E-state index in [4.69, 9.17) is 4.74 Å². The zero-order valence-electron chi connectivity index (χ0n) is 15.6. The van der Waals surface area contributed by atoms with Crippen molar-refractivity contribution < 1.29 is 9.53 Å². The van der Waals surface area contributed by atoms with Crippen molar-refractivity contribution >= 4 is 11.7 Å². The Morgan fingerprint density at radius 2 is 2.08 bits per heavy atom. The summed E-state index contributed by atoms with van der Waals surface area (Å²) in [5.74, 6) is 1.60. The average molecular weight is 346 g/mol. The molecule has 1 N–H and O–H groups in total. The lowest BCUT2D eigenvalue weighted by molar-refractivity contribution is -0.0259. The standard InChI is InChI=1S/C19H30N4O2/c1-14-6-8-23(9-7-14)19(24)16-4-5-18(20-12-16)21-15(2)17-13-22(3)10-11-25-17/h4-5,12,14-15,17H,6-11,13H2,1-3H3,(H,20,21). The fourth-order valence-electron chi connectivity index (χ4n) is 3.44. The van der Waals surface area contributed by atoms with Gasteiger partial charge in [-0.2, -0.15) is 0 Å². The van der Waals surface area contributed by atoms with Crippen LogP contribution in [0, 0.1) is 5.92 Å². The maximum atomic E-state index is 12.6. The maximum absolute atomic E-state index is 12.6. The van der Waals surface area contributed by atoms with Gasteiger partial charge in [0, 0.05) is 32.4 Å². The summed E-state index contributed by atoms with van der Waals surface area (Å²) in [5.41, 5.74) is 0.668. The molecule has 2 saturated heterocycles. The number of morpholine rings is 1. The van der Waals surface area contributed by atoms with Crippen LogP contribution in [0.3, 0.4) is 0 Å². The summed E-state index contributed by atoms with van der Waals surface area (Å²) in [6.07, 6.45) is 4.01. The molecule has 2 aliphatic heterocycles. The zero-order valence-corrected chi connectivity index (χ0v) is 15.6. The molecule has 25 heavy (non-hydrogen) atoms. The molecule has 6 heteroatoms. The molecule has 2 unspecified atom stereocenters. The van der Waals surface area contributed by atoms with Crippen molar-refractivity contribution in [3.63, 3.8) is 0 Å². The van der Waals surface area contributed by atoms with Crippen LogP contribution in [0.25, 0.3) is 0 Å². The first-order valence-electron chi connectivity index (χ1n) is 9.35. The van der Waals surface area contributed by atoms with E-state index in [2.05, 4.69) is 36.1 Å². The second-order valence-corrected chi connectivity index (χ2v) is 7.51. The summed E-state index contributed by atoms with van der Waals surface area (Å²) in [7, 11) is 2.11. The minimum absolute atomic E-state index is 0.0937. The minimum Gasteiger partial charge on any atom is -0.373 e. The summed E-state index contributed by atoms with van der Waals surface area (Å²) in [4.78, 5) is 21.2. The van der Waals surface area contributed by atoms with Crippen molar-refractivity contribution in [2.75, 3.05) is 45.2 Å². The Hall–Kier alpha value is -1.66. The number of ether oxygens (including phenoxy) is 1. The first kappa shape index (κ1) is 18.1. The van der Waals surface area contributed by atoms with Crippen LogP contribution in [0.5, 0.6) is 0 Å². The van der Waals surface area contributed by atoms with E-state index in [9.17, 15) is 4.79 Å². The van der Waals surface area contributed by atoms with Gasteiger partial charge in [0.15, 0.2) is 0 Å². The smallest absolute Gasteiger partial charge is 0.255 e. The van der Waals surface area contributed by atoms with Crippen molar-refractivity contribution in [3.05, 3.63) is 23.9 Å². The van der Waals surface area contributed by atoms with Crippen molar-refractivity contribution in [3.8, 4) is 0 Å². The minimum atomic E-state index is 0.0937. The monoisotopic (exact) mass is 346 g/mol. The lowest BCUT2D eigenvalue weighted by Gasteiger charge is -2.34. The van der Waals surface area contributed by atoms with Crippen molar-refractivity contribution in [1.29, 1.82) is 0 Å². The van der Waals surface area contributed by atoms with Crippen LogP contribution in [0.15, 0.2) is 18.3 Å². The van der Waals surface area contributed by atoms with Gasteiger partial charge in [-0.25, -0.2) is 4.98 Å². The van der Waals surface area contributed by atoms with Crippen LogP contribution in [0.2, 0.25) is 0 Å². The van der Waals surface area contributed by atoms with Gasteiger partial charge in [-0.15, -0.1) is 0 Å². The van der Waals surface area contributed by atoms with E-state index in [1.54, 1.807) is 6.20 Å². The van der Waals surface area contributed by atoms with Crippen molar-refractivity contribution in [2.45, 2.75) is 38.8 Å². The number of hydrogen-bond donors (Lipinski definition) is 1. The van der Waals surface area contributed by atoms with Gasteiger partial charge in [-0.05, 0) is 44.9 Å². The maximum Gasteiger partial charge on any atom is 0.255 e. The van der Waals surface area contributed by atoms with E-state index < -0.39 is 0 Å². The Labute approximate surface area is 150 Å². The van der Waals surface area contributed by atoms with Crippen LogP contribution in [-0.4, -0.2) is 72.7 Å². The van der Waals surface area contributed by atoms with Crippen molar-refractivity contribution in [1.82, 2.24) is 14.8 Å². The van der Waals surface area contributed by atoms with E-state index in [0.29, 0.717) is 5.56 Å². The summed E-state index contributed by atoms with van der Waals surface area (Å²) >= 11 is 0. The first-order valence-corrected chi connectivity index (χ1v) is 9.35. The Bertz CT molecular complexity index is 569. The Morgan fingerprint density at radius 3 is 2.72 bits per heavy atom. The molecule has 2 aliphatic rings. The third kappa shape index (κ3) is 4.70. The molecule has 0 bridgehead atoms. The number of likely N-dealkylation sites (N-methyl/N-ethyl adjacent to an activating group) is 1. The normalized spacial score (nSPS) is 24.1. The van der Waals surface area contributed by atoms with Gasteiger partial charge in [-0.1, -0.05) is 6.92 Å². The molecular formula is C19H30N4O2. The molecule has 0 radical (unpaired) electrons. The van der Waals surface area contributed by atoms with E-state index in [1.165, 1.54) is 0 Å². The number of aromatic nitrogens is 1. The van der Waals surface area contributed by atoms with E-state index >= 15 is 0 Å². The molecule has 1 amide bonds. The molecule has 3 heterocycles. The molecule has 138 valence electrons. The highest BCUT2D eigenvalue weighted by molar-refractivity contribution is 5.94. The lowest BCUT2D eigenvalue weighted by Crippen LogP contribution is -2.47. The predicted octanol–water partition coefficient (Wildman–Crippen LogP) is 2.08. The number of likely N-dealkylation sites (tertiary alicyclic amines) is 1. The molecule has 0 spiro atoms. The second-order valence-electron chi connectivity index (χ2n) is 7.51. The molecule has 0 saturated carbocycles. The largest absolute Gasteiger partial charge is 0.373 e. The fourth-order valence-corrected chi connectivity index (χ4v) is 3.44. The summed E-state index contributed by atoms with van der Waals surface area (Å²) < 4.78 is 5.84. The van der Waals surface area contributed by atoms with Crippen LogP contribution < -0.4 is 5.32 Å². The van der Waals surface area contributed by atoms with E-state index in [1.807, 2.05) is 17.0 Å². The fraction of sp³-hybridized carbons (Fsp3) is 0.684. The molecule has 2 fully saturated rings. The molecular weight excluding hydrogens is 316 g/mol. The molecule has 3 rings (SSSR count). The van der Waals surface area contributed by atoms with Gasteiger partial charge < -0.3 is 19.9 Å². The number of piperidine rings is 1. The van der Waals surface area contributed by atoms with Crippen LogP contribution in [-0.2, 0) is 4.74 Å². The summed E-state index contributed by atoms with van der Waals surface area (Å²) in [6, 6.07) is 3.93. The summed E-state index contributed by atoms with van der Waals surface area (Å²) in [6.45, 7) is 8.72. The number of pyridine rings is 1. The lowest BCUT2D eigenvalue weighted by atomic mass is 9.99. The summed E-state index contributed by atoms with van der Waals surface area (Å²) in [5, 5.41) is 3.40. The molecule has 2 atom stereocenters. The van der Waals surface area contributed by atoms with Crippen molar-refractivity contribution in [2.24, 2.45) is 5.92 Å². The number of amides is 1. The number of hydrogen-bond acceptors (Lipinski definition) is 5. The first-order chi connectivity index (χ1) is 12.0. The van der Waals surface area contributed by atoms with Gasteiger partial charge in [0.1, 0.15) is 5.82 Å². The number of carbonyl (C=O) groups is 1. The van der Waals surface area contributed by atoms with Gasteiger partial charge in [0.05, 0.1) is 24.3 Å². The molecule has 0 aliphatic carbocycles. The number of rotatable bonds is 4. The molecule has 1 aromatic heterocycles. The third-order valence-electron chi connectivity index (χ3n) is 5.31. The second kappa shape index (κ2) is 8.15. The zero-order chi connectivity index (χ0) is 17.8. The third-order valence-corrected chi connectivity index (χ3v) is 5.31. The highest BCUT2D eigenvalue weighted by atomic mass is 16.5. The average Bonchev–Trinajstić information content (AvgIpc) is 2.62. The van der Waals surface area contributed by atoms with E-state index in [-0.39, 0.29) is 18.1 Å². The SMILES string of the molecule is CC1CCN(C(=O)c2ccc(NC(C)C3CN(C)CCO3)nc2)CC1. The molecule has 1 aromatic rings. The van der Waals surface area contributed by atoms with Gasteiger partial charge in [-0.3, -0.25) is 4.79 Å². The highest BCUT2D eigenvalue weighted by Gasteiger charge is 2.24. The molecule has 0 aromatic carbocycles. The Morgan fingerprint density at radius 1 is 1.32 bits per heavy atom. The predicted molar refractivity (Wildman–Crippen MR) is 98.9 cm³/mol. The topological polar surface area (TPSA) is 57.7 Å². The highest BCUT2D eigenvalue weighted by Crippen LogP contribution is 2.19. The van der Waals surface area contributed by atoms with Gasteiger partial charge >= 0.3 is 0 Å². The number of nitrogens with zero attached hydrogens (tertiary/aromatic N) is 3. The Kier molecular flexibility index (Phi) is 5.91. The number of carbonyl (C=O) groups excluding carboxylic acids is 1. The van der Waals surface area contributed by atoms with Gasteiger partial charge in [0.2, 0.25) is 0 Å². The quantitative estimate of drug-likeness (QED) is 0.905. The van der Waals surface area contributed by atoms with Crippen LogP contribution in [0.1, 0.15) is 37.0 Å². The number of anilines is 1.